The van der Waals surface area contributed by atoms with E-state index in [-0.39, 0.29) is 5.97 Å². The molecule has 1 aromatic heterocycles. The first-order valence-electron chi connectivity index (χ1n) is 5.64. The Kier molecular flexibility index (Phi) is 3.39. The lowest BCUT2D eigenvalue weighted by molar-refractivity contribution is -0.141. The maximum Gasteiger partial charge on any atom is 0.325 e. The molecule has 16 heavy (non-hydrogen) atoms. The number of carbonyl (C=O) groups excluding carboxylic acids is 1. The molecule has 1 aromatic rings. The zero-order valence-corrected chi connectivity index (χ0v) is 9.43. The van der Waals surface area contributed by atoms with Crippen molar-refractivity contribution in [3.8, 4) is 0 Å². The van der Waals surface area contributed by atoms with Crippen LogP contribution in [0.3, 0.4) is 0 Å². The highest BCUT2D eigenvalue weighted by atomic mass is 16.5. The summed E-state index contributed by atoms with van der Waals surface area (Å²) in [7, 11) is 0. The van der Waals surface area contributed by atoms with Crippen LogP contribution in [0.5, 0.6) is 0 Å². The number of anilines is 1. The van der Waals surface area contributed by atoms with Crippen LogP contribution in [0.15, 0.2) is 24.4 Å². The zero-order valence-electron chi connectivity index (χ0n) is 9.43. The summed E-state index contributed by atoms with van der Waals surface area (Å²) in [4.78, 5) is 17.8. The summed E-state index contributed by atoms with van der Waals surface area (Å²) in [6.45, 7) is 2.55. The van der Waals surface area contributed by atoms with Crippen LogP contribution in [0, 0.1) is 0 Å². The third-order valence-electron chi connectivity index (χ3n) is 2.54. The Balaban J connectivity index is 2.03. The molecule has 4 heteroatoms. The van der Waals surface area contributed by atoms with Gasteiger partial charge >= 0.3 is 5.97 Å². The highest BCUT2D eigenvalue weighted by Crippen LogP contribution is 2.30. The van der Waals surface area contributed by atoms with Crippen LogP contribution in [0.25, 0.3) is 0 Å². The summed E-state index contributed by atoms with van der Waals surface area (Å²) in [6.07, 6.45) is 4.02. The Morgan fingerprint density at radius 2 is 2.38 bits per heavy atom. The van der Waals surface area contributed by atoms with Gasteiger partial charge in [-0.25, -0.2) is 4.98 Å². The standard InChI is InChI=1S/C12H16N2O2/c1-2-16-12(15)9-14(10-6-7-10)11-5-3-4-8-13-11/h3-5,8,10H,2,6-7,9H2,1H3. The maximum absolute atomic E-state index is 11.5. The molecule has 86 valence electrons. The van der Waals surface area contributed by atoms with Crippen LogP contribution < -0.4 is 4.90 Å². The molecule has 1 saturated carbocycles. The Hall–Kier alpha value is -1.58. The van der Waals surface area contributed by atoms with Crippen molar-refractivity contribution in [1.82, 2.24) is 4.98 Å². The van der Waals surface area contributed by atoms with Gasteiger partial charge < -0.3 is 9.64 Å². The van der Waals surface area contributed by atoms with Crippen molar-refractivity contribution in [1.29, 1.82) is 0 Å². The maximum atomic E-state index is 11.5. The number of pyridine rings is 1. The van der Waals surface area contributed by atoms with E-state index < -0.39 is 0 Å². The number of carbonyl (C=O) groups is 1. The van der Waals surface area contributed by atoms with Gasteiger partial charge in [-0.3, -0.25) is 4.79 Å². The summed E-state index contributed by atoms with van der Waals surface area (Å²) in [6, 6.07) is 6.19. The first-order chi connectivity index (χ1) is 7.81. The van der Waals surface area contributed by atoms with Gasteiger partial charge in [-0.05, 0) is 31.9 Å². The number of ether oxygens (including phenoxy) is 1. The summed E-state index contributed by atoms with van der Waals surface area (Å²) in [5.74, 6) is 0.679. The second kappa shape index (κ2) is 4.96. The Morgan fingerprint density at radius 3 is 2.94 bits per heavy atom. The fraction of sp³-hybridized carbons (Fsp3) is 0.500. The van der Waals surface area contributed by atoms with Gasteiger partial charge in [0.15, 0.2) is 0 Å². The lowest BCUT2D eigenvalue weighted by Crippen LogP contribution is -2.33. The van der Waals surface area contributed by atoms with E-state index >= 15 is 0 Å². The summed E-state index contributed by atoms with van der Waals surface area (Å²) in [5.41, 5.74) is 0. The SMILES string of the molecule is CCOC(=O)CN(c1ccccn1)C1CC1. The fourth-order valence-corrected chi connectivity index (χ4v) is 1.65. The highest BCUT2D eigenvalue weighted by molar-refractivity contribution is 5.75. The van der Waals surface area contributed by atoms with E-state index in [9.17, 15) is 4.79 Å². The van der Waals surface area contributed by atoms with E-state index in [1.807, 2.05) is 30.0 Å². The average molecular weight is 220 g/mol. The van der Waals surface area contributed by atoms with E-state index in [0.717, 1.165) is 18.7 Å². The molecule has 4 nitrogen and oxygen atoms in total. The number of esters is 1. The van der Waals surface area contributed by atoms with Crippen LogP contribution in [-0.4, -0.2) is 30.1 Å². The van der Waals surface area contributed by atoms with Gasteiger partial charge in [-0.2, -0.15) is 0 Å². The van der Waals surface area contributed by atoms with Crippen molar-refractivity contribution in [2.45, 2.75) is 25.8 Å². The minimum absolute atomic E-state index is 0.181. The van der Waals surface area contributed by atoms with Crippen molar-refractivity contribution in [3.63, 3.8) is 0 Å². The Labute approximate surface area is 95.2 Å². The predicted octanol–water partition coefficient (Wildman–Crippen LogP) is 1.61. The number of hydrogen-bond acceptors (Lipinski definition) is 4. The van der Waals surface area contributed by atoms with E-state index in [0.29, 0.717) is 19.2 Å². The first kappa shape index (κ1) is 10.9. The Morgan fingerprint density at radius 1 is 1.56 bits per heavy atom. The van der Waals surface area contributed by atoms with E-state index in [4.69, 9.17) is 4.74 Å². The molecular weight excluding hydrogens is 204 g/mol. The van der Waals surface area contributed by atoms with Gasteiger partial charge in [0.25, 0.3) is 0 Å². The van der Waals surface area contributed by atoms with E-state index in [1.54, 1.807) is 6.20 Å². The van der Waals surface area contributed by atoms with Crippen molar-refractivity contribution in [2.75, 3.05) is 18.1 Å². The van der Waals surface area contributed by atoms with Crippen molar-refractivity contribution < 1.29 is 9.53 Å². The number of aromatic nitrogens is 1. The molecule has 0 aliphatic heterocycles. The Bertz CT molecular complexity index is 349. The molecule has 0 atom stereocenters. The smallest absolute Gasteiger partial charge is 0.325 e. The largest absolute Gasteiger partial charge is 0.465 e. The second-order valence-corrected chi connectivity index (χ2v) is 3.85. The molecule has 0 aromatic carbocycles. The lowest BCUT2D eigenvalue weighted by atomic mass is 10.4. The topological polar surface area (TPSA) is 42.4 Å². The predicted molar refractivity (Wildman–Crippen MR) is 61.2 cm³/mol. The van der Waals surface area contributed by atoms with Crippen LogP contribution in [0.4, 0.5) is 5.82 Å². The number of hydrogen-bond donors (Lipinski definition) is 0. The molecule has 1 aliphatic rings. The number of rotatable bonds is 5. The molecule has 0 unspecified atom stereocenters. The van der Waals surface area contributed by atoms with Crippen molar-refractivity contribution >= 4 is 11.8 Å². The minimum Gasteiger partial charge on any atom is -0.465 e. The highest BCUT2D eigenvalue weighted by Gasteiger charge is 2.31. The normalized spacial score (nSPS) is 14.6. The third kappa shape index (κ3) is 2.72. The molecule has 0 spiro atoms. The summed E-state index contributed by atoms with van der Waals surface area (Å²) >= 11 is 0. The number of nitrogens with zero attached hydrogens (tertiary/aromatic N) is 2. The minimum atomic E-state index is -0.181. The fourth-order valence-electron chi connectivity index (χ4n) is 1.65. The summed E-state index contributed by atoms with van der Waals surface area (Å²) in [5, 5.41) is 0. The van der Waals surface area contributed by atoms with E-state index in [1.165, 1.54) is 0 Å². The molecular formula is C12H16N2O2. The van der Waals surface area contributed by atoms with Gasteiger partial charge in [-0.15, -0.1) is 0 Å². The van der Waals surface area contributed by atoms with Crippen molar-refractivity contribution in [2.24, 2.45) is 0 Å². The van der Waals surface area contributed by atoms with Gasteiger partial charge in [0.05, 0.1) is 6.61 Å². The second-order valence-electron chi connectivity index (χ2n) is 3.85. The van der Waals surface area contributed by atoms with Crippen LogP contribution in [0.1, 0.15) is 19.8 Å². The van der Waals surface area contributed by atoms with Gasteiger partial charge in [0.2, 0.25) is 0 Å². The van der Waals surface area contributed by atoms with Crippen molar-refractivity contribution in [3.05, 3.63) is 24.4 Å². The zero-order chi connectivity index (χ0) is 11.4. The molecule has 0 amide bonds. The molecule has 0 saturated heterocycles. The van der Waals surface area contributed by atoms with Gasteiger partial charge in [-0.1, -0.05) is 6.07 Å². The summed E-state index contributed by atoms with van der Waals surface area (Å²) < 4.78 is 4.96. The molecule has 1 heterocycles. The lowest BCUT2D eigenvalue weighted by Gasteiger charge is -2.21. The van der Waals surface area contributed by atoms with Gasteiger partial charge in [0.1, 0.15) is 12.4 Å². The molecule has 1 fully saturated rings. The van der Waals surface area contributed by atoms with Crippen LogP contribution in [-0.2, 0) is 9.53 Å². The molecule has 0 radical (unpaired) electrons. The monoisotopic (exact) mass is 220 g/mol. The molecule has 1 aliphatic carbocycles. The third-order valence-corrected chi connectivity index (χ3v) is 2.54. The first-order valence-corrected chi connectivity index (χ1v) is 5.64. The van der Waals surface area contributed by atoms with E-state index in [2.05, 4.69) is 4.98 Å². The molecule has 0 N–H and O–H groups in total. The van der Waals surface area contributed by atoms with Crippen LogP contribution >= 0.6 is 0 Å². The molecule has 2 rings (SSSR count). The quantitative estimate of drug-likeness (QED) is 0.707. The molecule has 0 bridgehead atoms. The van der Waals surface area contributed by atoms with Gasteiger partial charge in [0, 0.05) is 12.2 Å². The van der Waals surface area contributed by atoms with Crippen LogP contribution in [0.2, 0.25) is 0 Å². The average Bonchev–Trinajstić information content (AvgIpc) is 3.11.